The van der Waals surface area contributed by atoms with Crippen LogP contribution < -0.4 is 10.3 Å². The van der Waals surface area contributed by atoms with Crippen molar-refractivity contribution in [3.05, 3.63) is 80.3 Å². The third-order valence-electron chi connectivity index (χ3n) is 4.58. The first-order valence-corrected chi connectivity index (χ1v) is 10.1. The van der Waals surface area contributed by atoms with Crippen LogP contribution >= 0.6 is 23.6 Å². The van der Waals surface area contributed by atoms with E-state index in [-0.39, 0.29) is 17.9 Å². The van der Waals surface area contributed by atoms with E-state index in [1.807, 2.05) is 43.3 Å². The van der Waals surface area contributed by atoms with Crippen molar-refractivity contribution in [1.82, 2.24) is 14.1 Å². The van der Waals surface area contributed by atoms with Gasteiger partial charge >= 0.3 is 0 Å². The van der Waals surface area contributed by atoms with Crippen LogP contribution in [0.2, 0.25) is 0 Å². The fourth-order valence-electron chi connectivity index (χ4n) is 2.99. The van der Waals surface area contributed by atoms with Gasteiger partial charge in [0.05, 0.1) is 13.7 Å². The first-order valence-electron chi connectivity index (χ1n) is 8.83. The van der Waals surface area contributed by atoms with Crippen molar-refractivity contribution in [1.29, 1.82) is 0 Å². The van der Waals surface area contributed by atoms with Gasteiger partial charge in [0.2, 0.25) is 0 Å². The zero-order valence-electron chi connectivity index (χ0n) is 15.8. The number of fused-ring (bicyclic) bond motifs is 1. The first kappa shape index (κ1) is 19.2. The second kappa shape index (κ2) is 7.73. The van der Waals surface area contributed by atoms with Crippen LogP contribution in [0.3, 0.4) is 0 Å². The molecule has 0 saturated heterocycles. The maximum atomic E-state index is 12.9. The number of nitrogens with zero attached hydrogens (tertiary/aromatic N) is 3. The van der Waals surface area contributed by atoms with E-state index in [2.05, 4.69) is 4.98 Å². The number of hydrogen-bond acceptors (Lipinski definition) is 6. The van der Waals surface area contributed by atoms with E-state index in [1.165, 1.54) is 22.2 Å². The summed E-state index contributed by atoms with van der Waals surface area (Å²) in [6, 6.07) is 14.6. The standard InChI is InChI=1S/C21H17N3O3S2/c1-13-3-5-14(6-4-13)17(25)11-23-12-22-19-18(20(23)26)29-21(28)24(19)15-7-9-16(27-2)10-8-15/h3-10,12H,11H2,1-2H3. The van der Waals surface area contributed by atoms with Gasteiger partial charge < -0.3 is 4.74 Å². The molecule has 0 aliphatic rings. The zero-order chi connectivity index (χ0) is 20.5. The topological polar surface area (TPSA) is 66.1 Å². The Bertz CT molecular complexity index is 1320. The number of Topliss-reactive ketones (excluding diaryl/α,β-unsaturated/α-hetero) is 1. The summed E-state index contributed by atoms with van der Waals surface area (Å²) in [6.45, 7) is 1.88. The van der Waals surface area contributed by atoms with Gasteiger partial charge in [-0.3, -0.25) is 18.7 Å². The van der Waals surface area contributed by atoms with E-state index < -0.39 is 0 Å². The summed E-state index contributed by atoms with van der Waals surface area (Å²) < 4.78 is 9.20. The van der Waals surface area contributed by atoms with Crippen LogP contribution in [-0.4, -0.2) is 27.0 Å². The highest BCUT2D eigenvalue weighted by molar-refractivity contribution is 7.73. The van der Waals surface area contributed by atoms with E-state index in [1.54, 1.807) is 23.8 Å². The number of hydrogen-bond donors (Lipinski definition) is 0. The van der Waals surface area contributed by atoms with Crippen LogP contribution in [0.5, 0.6) is 5.75 Å². The molecule has 2 aromatic carbocycles. The molecular formula is C21H17N3O3S2. The Kier molecular flexibility index (Phi) is 5.12. The molecule has 0 fully saturated rings. The number of ketones is 1. The van der Waals surface area contributed by atoms with Crippen LogP contribution in [-0.2, 0) is 6.54 Å². The van der Waals surface area contributed by atoms with E-state index in [4.69, 9.17) is 17.0 Å². The van der Waals surface area contributed by atoms with Crippen molar-refractivity contribution in [3.8, 4) is 11.4 Å². The van der Waals surface area contributed by atoms with Crippen molar-refractivity contribution >= 4 is 39.7 Å². The van der Waals surface area contributed by atoms with Crippen LogP contribution in [0.25, 0.3) is 16.0 Å². The Labute approximate surface area is 175 Å². The number of aromatic nitrogens is 3. The number of methoxy groups -OCH3 is 1. The summed E-state index contributed by atoms with van der Waals surface area (Å²) in [5.74, 6) is 0.580. The molecular weight excluding hydrogens is 406 g/mol. The molecule has 4 rings (SSSR count). The Morgan fingerprint density at radius 2 is 1.83 bits per heavy atom. The number of rotatable bonds is 5. The molecule has 29 heavy (non-hydrogen) atoms. The van der Waals surface area contributed by atoms with Crippen LogP contribution in [0.4, 0.5) is 0 Å². The molecule has 0 atom stereocenters. The quantitative estimate of drug-likeness (QED) is 0.356. The lowest BCUT2D eigenvalue weighted by atomic mass is 10.1. The molecule has 0 N–H and O–H groups in total. The number of carbonyl (C=O) groups excluding carboxylic acids is 1. The third kappa shape index (κ3) is 3.64. The lowest BCUT2D eigenvalue weighted by Gasteiger charge is -2.07. The molecule has 8 heteroatoms. The maximum Gasteiger partial charge on any atom is 0.273 e. The molecule has 0 unspecified atom stereocenters. The molecule has 0 radical (unpaired) electrons. The predicted molar refractivity (Wildman–Crippen MR) is 116 cm³/mol. The third-order valence-corrected chi connectivity index (χ3v) is 5.93. The summed E-state index contributed by atoms with van der Waals surface area (Å²) in [6.07, 6.45) is 1.40. The monoisotopic (exact) mass is 423 g/mol. The lowest BCUT2D eigenvalue weighted by molar-refractivity contribution is 0.0970. The van der Waals surface area contributed by atoms with Crippen molar-refractivity contribution in [2.75, 3.05) is 7.11 Å². The van der Waals surface area contributed by atoms with Crippen molar-refractivity contribution in [2.24, 2.45) is 0 Å². The van der Waals surface area contributed by atoms with E-state index >= 15 is 0 Å². The molecule has 0 aliphatic heterocycles. The van der Waals surface area contributed by atoms with Crippen molar-refractivity contribution < 1.29 is 9.53 Å². The van der Waals surface area contributed by atoms with Crippen LogP contribution in [0.15, 0.2) is 59.7 Å². The Morgan fingerprint density at radius 3 is 2.48 bits per heavy atom. The molecule has 0 saturated carbocycles. The first-order chi connectivity index (χ1) is 14.0. The molecule has 6 nitrogen and oxygen atoms in total. The van der Waals surface area contributed by atoms with Gasteiger partial charge in [0.15, 0.2) is 15.4 Å². The predicted octanol–water partition coefficient (Wildman–Crippen LogP) is 4.18. The highest BCUT2D eigenvalue weighted by Crippen LogP contribution is 2.24. The van der Waals surface area contributed by atoms with Gasteiger partial charge in [-0.2, -0.15) is 0 Å². The number of ether oxygens (including phenoxy) is 1. The second-order valence-corrected chi connectivity index (χ2v) is 8.17. The smallest absolute Gasteiger partial charge is 0.273 e. The van der Waals surface area contributed by atoms with Gasteiger partial charge in [-0.25, -0.2) is 4.98 Å². The molecule has 0 bridgehead atoms. The van der Waals surface area contributed by atoms with Crippen molar-refractivity contribution in [3.63, 3.8) is 0 Å². The molecule has 4 aromatic rings. The van der Waals surface area contributed by atoms with Gasteiger partial charge in [-0.1, -0.05) is 41.2 Å². The van der Waals surface area contributed by atoms with Crippen molar-refractivity contribution in [2.45, 2.75) is 13.5 Å². The fraction of sp³-hybridized carbons (Fsp3) is 0.143. The van der Waals surface area contributed by atoms with Gasteiger partial charge in [-0.15, -0.1) is 0 Å². The number of thiazole rings is 1. The highest BCUT2D eigenvalue weighted by atomic mass is 32.1. The average Bonchev–Trinajstić information content (AvgIpc) is 3.07. The molecule has 2 heterocycles. The van der Waals surface area contributed by atoms with Crippen LogP contribution in [0, 0.1) is 10.9 Å². The minimum absolute atomic E-state index is 0.0714. The molecule has 0 spiro atoms. The number of benzene rings is 2. The highest BCUT2D eigenvalue weighted by Gasteiger charge is 2.15. The fourth-order valence-corrected chi connectivity index (χ4v) is 4.33. The minimum Gasteiger partial charge on any atom is -0.497 e. The Balaban J connectivity index is 1.73. The SMILES string of the molecule is COc1ccc(-n2c(=S)sc3c(=O)n(CC(=O)c4ccc(C)cc4)cnc32)cc1. The van der Waals surface area contributed by atoms with Gasteiger partial charge in [0.25, 0.3) is 5.56 Å². The van der Waals surface area contributed by atoms with E-state index in [0.29, 0.717) is 19.9 Å². The second-order valence-electron chi connectivity index (χ2n) is 6.52. The van der Waals surface area contributed by atoms with Crippen LogP contribution in [0.1, 0.15) is 15.9 Å². The molecule has 2 aromatic heterocycles. The average molecular weight is 424 g/mol. The summed E-state index contributed by atoms with van der Waals surface area (Å²) in [7, 11) is 1.60. The number of aryl methyl sites for hydroxylation is 1. The molecule has 0 amide bonds. The van der Waals surface area contributed by atoms with E-state index in [0.717, 1.165) is 17.0 Å². The van der Waals surface area contributed by atoms with Gasteiger partial charge in [-0.05, 0) is 43.4 Å². The largest absolute Gasteiger partial charge is 0.497 e. The Hall–Kier alpha value is -3.10. The summed E-state index contributed by atoms with van der Waals surface area (Å²) in [5, 5.41) is 0. The maximum absolute atomic E-state index is 12.9. The molecule has 146 valence electrons. The van der Waals surface area contributed by atoms with Gasteiger partial charge in [0, 0.05) is 11.3 Å². The zero-order valence-corrected chi connectivity index (χ0v) is 17.4. The summed E-state index contributed by atoms with van der Waals surface area (Å²) in [5.41, 5.74) is 2.63. The normalized spacial score (nSPS) is 11.0. The molecule has 0 aliphatic carbocycles. The summed E-state index contributed by atoms with van der Waals surface area (Å²) >= 11 is 6.66. The summed E-state index contributed by atoms with van der Waals surface area (Å²) in [4.78, 5) is 29.9. The Morgan fingerprint density at radius 1 is 1.14 bits per heavy atom. The lowest BCUT2D eigenvalue weighted by Crippen LogP contribution is -2.24. The van der Waals surface area contributed by atoms with Gasteiger partial charge in [0.1, 0.15) is 16.8 Å². The minimum atomic E-state index is -0.279. The van der Waals surface area contributed by atoms with E-state index in [9.17, 15) is 9.59 Å². The number of carbonyl (C=O) groups is 1.